The second-order valence-corrected chi connectivity index (χ2v) is 9.74. The molecule has 2 aliphatic rings. The highest BCUT2D eigenvalue weighted by atomic mass is 32.1. The number of hydrogen-bond donors (Lipinski definition) is 3. The first kappa shape index (κ1) is 23.0. The molecule has 3 heterocycles. The van der Waals surface area contributed by atoms with E-state index in [1.165, 1.54) is 36.6 Å². The fourth-order valence-corrected chi connectivity index (χ4v) is 5.00. The van der Waals surface area contributed by atoms with Gasteiger partial charge in [0.1, 0.15) is 5.75 Å². The lowest BCUT2D eigenvalue weighted by atomic mass is 10.2. The average Bonchev–Trinajstić information content (AvgIpc) is 3.31. The molecule has 11 heteroatoms. The van der Waals surface area contributed by atoms with Crippen LogP contribution in [0.3, 0.4) is 0 Å². The molecule has 3 aromatic rings. The number of pyridine rings is 1. The topological polar surface area (TPSA) is 113 Å². The molecule has 1 atom stereocenters. The van der Waals surface area contributed by atoms with E-state index in [1.54, 1.807) is 23.1 Å². The summed E-state index contributed by atoms with van der Waals surface area (Å²) in [6.07, 6.45) is 4.16. The zero-order valence-corrected chi connectivity index (χ0v) is 19.8. The summed E-state index contributed by atoms with van der Waals surface area (Å²) in [5, 5.41) is 8.24. The first-order valence-corrected chi connectivity index (χ1v) is 12.2. The number of halogens is 1. The van der Waals surface area contributed by atoms with Crippen molar-refractivity contribution in [1.82, 2.24) is 20.5 Å². The third-order valence-corrected chi connectivity index (χ3v) is 6.92. The van der Waals surface area contributed by atoms with Gasteiger partial charge in [-0.2, -0.15) is 0 Å². The molecule has 2 aromatic heterocycles. The van der Waals surface area contributed by atoms with Gasteiger partial charge >= 0.3 is 6.03 Å². The highest BCUT2D eigenvalue weighted by Crippen LogP contribution is 2.36. The van der Waals surface area contributed by atoms with E-state index < -0.39 is 5.82 Å². The Labute approximate surface area is 204 Å². The van der Waals surface area contributed by atoms with Crippen molar-refractivity contribution >= 4 is 45.1 Å². The van der Waals surface area contributed by atoms with Crippen molar-refractivity contribution in [2.45, 2.75) is 38.3 Å². The van der Waals surface area contributed by atoms with Gasteiger partial charge in [0.05, 0.1) is 15.1 Å². The number of likely N-dealkylation sites (tertiary alicyclic amines) is 1. The number of thiophene rings is 1. The number of fused-ring (bicyclic) bond motifs is 1. The van der Waals surface area contributed by atoms with Crippen molar-refractivity contribution < 1.29 is 23.5 Å². The number of nitrogens with zero attached hydrogens (tertiary/aromatic N) is 2. The van der Waals surface area contributed by atoms with Gasteiger partial charge < -0.3 is 25.6 Å². The van der Waals surface area contributed by atoms with Crippen LogP contribution in [-0.4, -0.2) is 52.9 Å². The summed E-state index contributed by atoms with van der Waals surface area (Å²) in [6, 6.07) is 7.29. The molecule has 182 valence electrons. The van der Waals surface area contributed by atoms with Gasteiger partial charge in [-0.25, -0.2) is 9.18 Å². The fourth-order valence-electron chi connectivity index (χ4n) is 3.97. The maximum atomic E-state index is 14.7. The minimum atomic E-state index is -0.631. The molecule has 5 rings (SSSR count). The SMILES string of the molecule is CC(=O)N[C@H]1CCN(C(=O)c2cc3nccc(Oc4ccc(NC(=O)NC5CC5)cc4F)c3s2)C1. The van der Waals surface area contributed by atoms with Crippen molar-refractivity contribution in [1.29, 1.82) is 0 Å². The molecule has 1 saturated heterocycles. The number of anilines is 1. The van der Waals surface area contributed by atoms with Gasteiger partial charge in [-0.15, -0.1) is 11.3 Å². The molecule has 0 spiro atoms. The predicted octanol–water partition coefficient (Wildman–Crippen LogP) is 3.86. The fraction of sp³-hybridized carbons (Fsp3) is 0.333. The van der Waals surface area contributed by atoms with Gasteiger partial charge in [-0.1, -0.05) is 0 Å². The molecular weight excluding hydrogens is 473 g/mol. The molecule has 1 aromatic carbocycles. The summed E-state index contributed by atoms with van der Waals surface area (Å²) < 4.78 is 21.2. The molecule has 1 saturated carbocycles. The normalized spacial score (nSPS) is 17.3. The van der Waals surface area contributed by atoms with Crippen LogP contribution < -0.4 is 20.7 Å². The monoisotopic (exact) mass is 497 g/mol. The average molecular weight is 498 g/mol. The van der Waals surface area contributed by atoms with Crippen LogP contribution in [0.5, 0.6) is 11.5 Å². The number of nitrogens with one attached hydrogen (secondary N) is 3. The van der Waals surface area contributed by atoms with E-state index in [1.807, 2.05) is 0 Å². The van der Waals surface area contributed by atoms with Gasteiger partial charge in [0, 0.05) is 56.1 Å². The lowest BCUT2D eigenvalue weighted by molar-refractivity contribution is -0.119. The lowest BCUT2D eigenvalue weighted by Crippen LogP contribution is -2.37. The zero-order chi connectivity index (χ0) is 24.5. The molecule has 9 nitrogen and oxygen atoms in total. The van der Waals surface area contributed by atoms with Gasteiger partial charge in [0.2, 0.25) is 5.91 Å². The maximum Gasteiger partial charge on any atom is 0.319 e. The highest BCUT2D eigenvalue weighted by Gasteiger charge is 2.29. The lowest BCUT2D eigenvalue weighted by Gasteiger charge is -2.15. The van der Waals surface area contributed by atoms with Crippen molar-refractivity contribution in [3.63, 3.8) is 0 Å². The molecule has 2 fully saturated rings. The van der Waals surface area contributed by atoms with Crippen LogP contribution in [0.1, 0.15) is 35.9 Å². The minimum absolute atomic E-state index is 0.00961. The molecule has 35 heavy (non-hydrogen) atoms. The molecule has 0 bridgehead atoms. The second-order valence-electron chi connectivity index (χ2n) is 8.69. The van der Waals surface area contributed by atoms with Crippen molar-refractivity contribution in [2.75, 3.05) is 18.4 Å². The van der Waals surface area contributed by atoms with Gasteiger partial charge in [0.15, 0.2) is 11.6 Å². The Balaban J connectivity index is 1.30. The Hall–Kier alpha value is -3.73. The van der Waals surface area contributed by atoms with Crippen LogP contribution in [-0.2, 0) is 4.79 Å². The Kier molecular flexibility index (Phi) is 6.25. The Morgan fingerprint density at radius 1 is 1.09 bits per heavy atom. The molecule has 1 aliphatic heterocycles. The number of amides is 4. The summed E-state index contributed by atoms with van der Waals surface area (Å²) in [4.78, 5) is 42.7. The molecular formula is C24H24FN5O4S. The van der Waals surface area contributed by atoms with Crippen molar-refractivity contribution in [3.8, 4) is 11.5 Å². The van der Waals surface area contributed by atoms with E-state index >= 15 is 0 Å². The molecule has 0 radical (unpaired) electrons. The van der Waals surface area contributed by atoms with Crippen LogP contribution in [0.25, 0.3) is 10.2 Å². The summed E-state index contributed by atoms with van der Waals surface area (Å²) in [5.74, 6) is -0.520. The van der Waals surface area contributed by atoms with E-state index in [-0.39, 0.29) is 35.7 Å². The summed E-state index contributed by atoms with van der Waals surface area (Å²) in [6.45, 7) is 2.47. The second kappa shape index (κ2) is 9.49. The largest absolute Gasteiger partial charge is 0.453 e. The quantitative estimate of drug-likeness (QED) is 0.479. The summed E-state index contributed by atoms with van der Waals surface area (Å²) in [5.41, 5.74) is 0.893. The number of carbonyl (C=O) groups is 3. The van der Waals surface area contributed by atoms with Crippen LogP contribution in [0, 0.1) is 5.82 Å². The van der Waals surface area contributed by atoms with Gasteiger partial charge in [0.25, 0.3) is 5.91 Å². The number of rotatable bonds is 6. The van der Waals surface area contributed by atoms with Crippen LogP contribution >= 0.6 is 11.3 Å². The third kappa shape index (κ3) is 5.35. The van der Waals surface area contributed by atoms with Crippen LogP contribution in [0.4, 0.5) is 14.9 Å². The smallest absolute Gasteiger partial charge is 0.319 e. The van der Waals surface area contributed by atoms with E-state index in [9.17, 15) is 18.8 Å². The number of urea groups is 1. The van der Waals surface area contributed by atoms with Gasteiger partial charge in [-0.3, -0.25) is 14.6 Å². The number of hydrogen-bond acceptors (Lipinski definition) is 6. The highest BCUT2D eigenvalue weighted by molar-refractivity contribution is 7.21. The number of benzene rings is 1. The predicted molar refractivity (Wildman–Crippen MR) is 129 cm³/mol. The maximum absolute atomic E-state index is 14.7. The van der Waals surface area contributed by atoms with Crippen LogP contribution in [0.2, 0.25) is 0 Å². The Bertz CT molecular complexity index is 1310. The Morgan fingerprint density at radius 3 is 2.66 bits per heavy atom. The molecule has 0 unspecified atom stereocenters. The minimum Gasteiger partial charge on any atom is -0.453 e. The van der Waals surface area contributed by atoms with E-state index in [2.05, 4.69) is 20.9 Å². The first-order valence-electron chi connectivity index (χ1n) is 11.4. The summed E-state index contributed by atoms with van der Waals surface area (Å²) >= 11 is 1.23. The summed E-state index contributed by atoms with van der Waals surface area (Å²) in [7, 11) is 0. The number of aromatic nitrogens is 1. The van der Waals surface area contributed by atoms with Crippen molar-refractivity contribution in [3.05, 3.63) is 47.2 Å². The standard InChI is InChI=1S/C24H24FN5O4S/c1-13(31)27-16-7-9-30(12-16)23(32)21-11-18-22(35-21)20(6-8-26-18)34-19-5-4-15(10-17(19)25)29-24(33)28-14-2-3-14/h4-6,8,10-11,14,16H,2-3,7,9,12H2,1H3,(H,27,31)(H2,28,29,33)/t16-/m0/s1. The van der Waals surface area contributed by atoms with Crippen LogP contribution in [0.15, 0.2) is 36.5 Å². The molecule has 1 aliphatic carbocycles. The number of ether oxygens (including phenoxy) is 1. The van der Waals surface area contributed by atoms with E-state index in [4.69, 9.17) is 4.74 Å². The van der Waals surface area contributed by atoms with Crippen molar-refractivity contribution in [2.24, 2.45) is 0 Å². The first-order chi connectivity index (χ1) is 16.9. The van der Waals surface area contributed by atoms with E-state index in [0.29, 0.717) is 46.0 Å². The van der Waals surface area contributed by atoms with Gasteiger partial charge in [-0.05, 0) is 37.5 Å². The zero-order valence-electron chi connectivity index (χ0n) is 19.0. The van der Waals surface area contributed by atoms with E-state index in [0.717, 1.165) is 12.8 Å². The molecule has 4 amide bonds. The third-order valence-electron chi connectivity index (χ3n) is 5.79. The Morgan fingerprint density at radius 2 is 1.91 bits per heavy atom. The molecule has 3 N–H and O–H groups in total. The number of carbonyl (C=O) groups excluding carboxylic acids is 3.